The van der Waals surface area contributed by atoms with Crippen molar-refractivity contribution in [2.24, 2.45) is 12.8 Å². The Bertz CT molecular complexity index is 565. The topological polar surface area (TPSA) is 69.3 Å². The van der Waals surface area contributed by atoms with Crippen LogP contribution in [0.1, 0.15) is 11.3 Å². The van der Waals surface area contributed by atoms with Gasteiger partial charge in [0.25, 0.3) is 0 Å². The quantitative estimate of drug-likeness (QED) is 0.743. The van der Waals surface area contributed by atoms with Crippen LogP contribution in [-0.2, 0) is 23.1 Å². The number of para-hydroxylation sites is 1. The van der Waals surface area contributed by atoms with Gasteiger partial charge in [0, 0.05) is 36.7 Å². The summed E-state index contributed by atoms with van der Waals surface area (Å²) in [7, 11) is 2.08. The average molecular weight is 275 g/mol. The van der Waals surface area contributed by atoms with Crippen LogP contribution in [0.2, 0.25) is 0 Å². The zero-order valence-electron chi connectivity index (χ0n) is 12.0. The van der Waals surface area contributed by atoms with Crippen molar-refractivity contribution < 1.29 is 9.53 Å². The third-order valence-corrected chi connectivity index (χ3v) is 3.47. The molecule has 2 aromatic rings. The van der Waals surface area contributed by atoms with Gasteiger partial charge in [0.05, 0.1) is 6.61 Å². The Kier molecular flexibility index (Phi) is 4.76. The number of primary amides is 1. The number of aryl methyl sites for hydroxylation is 2. The maximum absolute atomic E-state index is 10.5. The summed E-state index contributed by atoms with van der Waals surface area (Å²) >= 11 is 0. The molecule has 5 nitrogen and oxygen atoms in total. The van der Waals surface area contributed by atoms with Crippen molar-refractivity contribution in [1.82, 2.24) is 9.88 Å². The number of hydrogen-bond acceptors (Lipinski definition) is 3. The molecule has 0 aliphatic rings. The summed E-state index contributed by atoms with van der Waals surface area (Å²) in [6, 6.07) is 8.38. The van der Waals surface area contributed by atoms with Crippen LogP contribution in [-0.4, -0.2) is 30.2 Å². The highest BCUT2D eigenvalue weighted by atomic mass is 16.5. The molecule has 1 aromatic carbocycles. The summed E-state index contributed by atoms with van der Waals surface area (Å²) in [4.78, 5) is 10.5. The highest BCUT2D eigenvalue weighted by Crippen LogP contribution is 2.23. The fourth-order valence-electron chi connectivity index (χ4n) is 2.41. The molecular formula is C15H21N3O2. The molecule has 0 atom stereocenters. The zero-order valence-corrected chi connectivity index (χ0v) is 12.0. The molecule has 1 heterocycles. The Labute approximate surface area is 118 Å². The van der Waals surface area contributed by atoms with Gasteiger partial charge in [-0.1, -0.05) is 18.2 Å². The van der Waals surface area contributed by atoms with Crippen LogP contribution in [0.4, 0.5) is 0 Å². The molecular weight excluding hydrogens is 254 g/mol. The Hall–Kier alpha value is -1.85. The van der Waals surface area contributed by atoms with E-state index in [1.807, 2.05) is 0 Å². The molecule has 0 spiro atoms. The molecule has 5 heteroatoms. The maximum Gasteiger partial charge on any atom is 0.243 e. The van der Waals surface area contributed by atoms with E-state index in [1.54, 1.807) is 0 Å². The molecule has 1 amide bonds. The minimum atomic E-state index is -0.436. The van der Waals surface area contributed by atoms with Crippen molar-refractivity contribution in [3.63, 3.8) is 0 Å². The van der Waals surface area contributed by atoms with E-state index >= 15 is 0 Å². The van der Waals surface area contributed by atoms with Crippen LogP contribution < -0.4 is 11.1 Å². The molecule has 0 fully saturated rings. The Balaban J connectivity index is 1.92. The van der Waals surface area contributed by atoms with Gasteiger partial charge in [-0.3, -0.25) is 4.79 Å². The monoisotopic (exact) mass is 275 g/mol. The number of nitrogens with two attached hydrogens (primary N) is 1. The smallest absolute Gasteiger partial charge is 0.243 e. The lowest BCUT2D eigenvalue weighted by atomic mass is 10.1. The molecule has 0 aliphatic carbocycles. The summed E-state index contributed by atoms with van der Waals surface area (Å²) in [5, 5.41) is 4.61. The molecule has 0 radical (unpaired) electrons. The highest BCUT2D eigenvalue weighted by molar-refractivity contribution is 5.85. The molecule has 1 aromatic heterocycles. The minimum absolute atomic E-state index is 0.0191. The highest BCUT2D eigenvalue weighted by Gasteiger charge is 2.10. The average Bonchev–Trinajstić information content (AvgIpc) is 2.67. The SMILES string of the molecule is Cc1c(CNCCOCC(N)=O)n(C)c2ccccc12. The fourth-order valence-corrected chi connectivity index (χ4v) is 2.41. The largest absolute Gasteiger partial charge is 0.370 e. The summed E-state index contributed by atoms with van der Waals surface area (Å²) in [6.07, 6.45) is 0. The summed E-state index contributed by atoms with van der Waals surface area (Å²) in [5.41, 5.74) is 8.80. The van der Waals surface area contributed by atoms with Crippen molar-refractivity contribution in [2.45, 2.75) is 13.5 Å². The lowest BCUT2D eigenvalue weighted by Crippen LogP contribution is -2.24. The van der Waals surface area contributed by atoms with Crippen LogP contribution >= 0.6 is 0 Å². The van der Waals surface area contributed by atoms with Gasteiger partial charge < -0.3 is 20.4 Å². The number of ether oxygens (including phenoxy) is 1. The molecule has 0 saturated heterocycles. The van der Waals surface area contributed by atoms with Crippen LogP contribution in [0.15, 0.2) is 24.3 Å². The second kappa shape index (κ2) is 6.54. The fraction of sp³-hybridized carbons (Fsp3) is 0.400. The summed E-state index contributed by atoms with van der Waals surface area (Å²) in [5.74, 6) is -0.436. The van der Waals surface area contributed by atoms with Gasteiger partial charge in [-0.25, -0.2) is 0 Å². The molecule has 0 aliphatic heterocycles. The van der Waals surface area contributed by atoms with Gasteiger partial charge in [0.15, 0.2) is 0 Å². The first-order valence-electron chi connectivity index (χ1n) is 6.71. The standard InChI is InChI=1S/C15H21N3O2/c1-11-12-5-3-4-6-13(12)18(2)14(11)9-17-7-8-20-10-15(16)19/h3-6,17H,7-10H2,1-2H3,(H2,16,19). The third kappa shape index (κ3) is 3.18. The molecule has 3 N–H and O–H groups in total. The first kappa shape index (κ1) is 14.6. The van der Waals surface area contributed by atoms with E-state index in [9.17, 15) is 4.79 Å². The Morgan fingerprint density at radius 3 is 2.85 bits per heavy atom. The third-order valence-electron chi connectivity index (χ3n) is 3.47. The van der Waals surface area contributed by atoms with Crippen molar-refractivity contribution in [3.8, 4) is 0 Å². The second-order valence-corrected chi connectivity index (χ2v) is 4.84. The van der Waals surface area contributed by atoms with E-state index < -0.39 is 5.91 Å². The Morgan fingerprint density at radius 1 is 1.40 bits per heavy atom. The number of nitrogens with zero attached hydrogens (tertiary/aromatic N) is 1. The van der Waals surface area contributed by atoms with Crippen LogP contribution in [0, 0.1) is 6.92 Å². The van der Waals surface area contributed by atoms with Gasteiger partial charge in [-0.2, -0.15) is 0 Å². The van der Waals surface area contributed by atoms with Crippen molar-refractivity contribution >= 4 is 16.8 Å². The van der Waals surface area contributed by atoms with E-state index in [4.69, 9.17) is 10.5 Å². The van der Waals surface area contributed by atoms with E-state index in [0.29, 0.717) is 13.2 Å². The number of amides is 1. The number of aromatic nitrogens is 1. The van der Waals surface area contributed by atoms with Crippen molar-refractivity contribution in [1.29, 1.82) is 0 Å². The molecule has 0 unspecified atom stereocenters. The first-order chi connectivity index (χ1) is 9.61. The van der Waals surface area contributed by atoms with Crippen molar-refractivity contribution in [2.75, 3.05) is 19.8 Å². The number of carbonyl (C=O) groups excluding carboxylic acids is 1. The van der Waals surface area contributed by atoms with Gasteiger partial charge in [-0.15, -0.1) is 0 Å². The number of carbonyl (C=O) groups is 1. The van der Waals surface area contributed by atoms with Crippen LogP contribution in [0.5, 0.6) is 0 Å². The van der Waals surface area contributed by atoms with E-state index in [0.717, 1.165) is 6.54 Å². The maximum atomic E-state index is 10.5. The predicted molar refractivity (Wildman–Crippen MR) is 79.4 cm³/mol. The molecule has 0 bridgehead atoms. The number of rotatable bonds is 7. The number of benzene rings is 1. The van der Waals surface area contributed by atoms with Gasteiger partial charge in [0.1, 0.15) is 6.61 Å². The van der Waals surface area contributed by atoms with Crippen molar-refractivity contribution in [3.05, 3.63) is 35.5 Å². The summed E-state index contributed by atoms with van der Waals surface area (Å²) < 4.78 is 7.32. The normalized spacial score (nSPS) is 11.1. The van der Waals surface area contributed by atoms with Crippen LogP contribution in [0.25, 0.3) is 10.9 Å². The van der Waals surface area contributed by atoms with Gasteiger partial charge in [0.2, 0.25) is 5.91 Å². The first-order valence-corrected chi connectivity index (χ1v) is 6.71. The van der Waals surface area contributed by atoms with E-state index in [1.165, 1.54) is 22.2 Å². The zero-order chi connectivity index (χ0) is 14.5. The molecule has 20 heavy (non-hydrogen) atoms. The summed E-state index contributed by atoms with van der Waals surface area (Å²) in [6.45, 7) is 4.06. The van der Waals surface area contributed by atoms with Gasteiger partial charge >= 0.3 is 0 Å². The lowest BCUT2D eigenvalue weighted by molar-refractivity contribution is -0.122. The number of nitrogens with one attached hydrogen (secondary N) is 1. The predicted octanol–water partition coefficient (Wildman–Crippen LogP) is 1.08. The molecule has 2 rings (SSSR count). The second-order valence-electron chi connectivity index (χ2n) is 4.84. The molecule has 0 saturated carbocycles. The lowest BCUT2D eigenvalue weighted by Gasteiger charge is -2.08. The Morgan fingerprint density at radius 2 is 2.15 bits per heavy atom. The van der Waals surface area contributed by atoms with Crippen LogP contribution in [0.3, 0.4) is 0 Å². The van der Waals surface area contributed by atoms with E-state index in [2.05, 4.69) is 48.1 Å². The minimum Gasteiger partial charge on any atom is -0.370 e. The van der Waals surface area contributed by atoms with E-state index in [-0.39, 0.29) is 6.61 Å². The number of fused-ring (bicyclic) bond motifs is 1. The number of hydrogen-bond donors (Lipinski definition) is 2. The van der Waals surface area contributed by atoms with Gasteiger partial charge in [-0.05, 0) is 18.6 Å². The molecule has 108 valence electrons.